The Morgan fingerprint density at radius 2 is 1.90 bits per heavy atom. The fraction of sp³-hybridized carbons (Fsp3) is 0.125. The third-order valence-corrected chi connectivity index (χ3v) is 5.73. The van der Waals surface area contributed by atoms with Gasteiger partial charge in [0.1, 0.15) is 0 Å². The van der Waals surface area contributed by atoms with E-state index in [0.29, 0.717) is 5.02 Å². The summed E-state index contributed by atoms with van der Waals surface area (Å²) in [5.74, 6) is 0.278. The molecule has 154 valence electrons. The van der Waals surface area contributed by atoms with Gasteiger partial charge in [0.15, 0.2) is 0 Å². The smallest absolute Gasteiger partial charge is 0.389 e. The minimum Gasteiger partial charge on any atom is -0.389 e. The highest BCUT2D eigenvalue weighted by Gasteiger charge is 2.26. The molecular weight excluding hydrogens is 412 g/mol. The van der Waals surface area contributed by atoms with Gasteiger partial charge in [0, 0.05) is 35.8 Å². The van der Waals surface area contributed by atoms with Crippen LogP contribution in [0.15, 0.2) is 67.0 Å². The Bertz CT molecular complexity index is 1270. The predicted octanol–water partition coefficient (Wildman–Crippen LogP) is 5.53. The molecular formula is C24H19ClN4O2. The minimum atomic E-state index is -0.512. The summed E-state index contributed by atoms with van der Waals surface area (Å²) in [6.07, 6.45) is 4.62. The van der Waals surface area contributed by atoms with Crippen LogP contribution in [-0.2, 0) is 12.8 Å². The zero-order valence-corrected chi connectivity index (χ0v) is 17.6. The molecule has 0 saturated carbocycles. The molecule has 5 rings (SSSR count). The van der Waals surface area contributed by atoms with Crippen LogP contribution in [0, 0.1) is 0 Å². The minimum absolute atomic E-state index is 0.278. The fourth-order valence-electron chi connectivity index (χ4n) is 3.86. The van der Waals surface area contributed by atoms with Crippen LogP contribution in [0.25, 0.3) is 22.3 Å². The Kier molecular flexibility index (Phi) is 4.92. The van der Waals surface area contributed by atoms with E-state index in [1.165, 1.54) is 4.90 Å². The molecule has 0 aliphatic heterocycles. The molecule has 1 N–H and O–H groups in total. The lowest BCUT2D eigenvalue weighted by molar-refractivity contribution is 0.207. The molecule has 31 heavy (non-hydrogen) atoms. The number of fused-ring (bicyclic) bond motifs is 3. The molecule has 0 atom stereocenters. The molecule has 0 radical (unpaired) electrons. The summed E-state index contributed by atoms with van der Waals surface area (Å²) >= 11 is 6.15. The predicted molar refractivity (Wildman–Crippen MR) is 121 cm³/mol. The summed E-state index contributed by atoms with van der Waals surface area (Å²) in [5.41, 5.74) is 6.63. The maximum Gasteiger partial charge on any atom is 0.420 e. The summed E-state index contributed by atoms with van der Waals surface area (Å²) < 4.78 is 5.70. The van der Waals surface area contributed by atoms with Crippen molar-refractivity contribution in [2.24, 2.45) is 0 Å². The molecule has 2 heterocycles. The molecule has 2 aromatic carbocycles. The second kappa shape index (κ2) is 7.89. The third kappa shape index (κ3) is 3.66. The Morgan fingerprint density at radius 3 is 2.74 bits per heavy atom. The Morgan fingerprint density at radius 1 is 1.06 bits per heavy atom. The molecule has 0 unspecified atom stereocenters. The van der Waals surface area contributed by atoms with Gasteiger partial charge in [0.05, 0.1) is 5.56 Å². The number of amides is 1. The van der Waals surface area contributed by atoms with Gasteiger partial charge in [-0.05, 0) is 71.5 Å². The molecule has 4 aromatic rings. The molecule has 0 fully saturated rings. The number of benzene rings is 2. The molecule has 0 saturated heterocycles. The number of carbonyl (C=O) groups excluding carboxylic acids is 1. The number of nitrogens with one attached hydrogen (secondary N) is 1. The van der Waals surface area contributed by atoms with E-state index in [2.05, 4.69) is 15.2 Å². The van der Waals surface area contributed by atoms with Gasteiger partial charge in [-0.25, -0.2) is 4.79 Å². The van der Waals surface area contributed by atoms with Crippen molar-refractivity contribution in [3.8, 4) is 28.1 Å². The first-order valence-corrected chi connectivity index (χ1v) is 10.3. The highest BCUT2D eigenvalue weighted by molar-refractivity contribution is 6.30. The van der Waals surface area contributed by atoms with Gasteiger partial charge in [-0.2, -0.15) is 0 Å². The number of ether oxygens (including phenoxy) is 1. The number of pyridine rings is 1. The first kappa shape index (κ1) is 19.3. The topological polar surface area (TPSA) is 71.1 Å². The zero-order valence-electron chi connectivity index (χ0n) is 16.8. The van der Waals surface area contributed by atoms with E-state index in [1.807, 2.05) is 54.6 Å². The number of carbonyl (C=O) groups is 1. The number of aromatic nitrogens is 3. The molecule has 0 bridgehead atoms. The molecule has 1 amide bonds. The van der Waals surface area contributed by atoms with Gasteiger partial charge in [0.25, 0.3) is 5.88 Å². The van der Waals surface area contributed by atoms with E-state index >= 15 is 0 Å². The van der Waals surface area contributed by atoms with E-state index in [-0.39, 0.29) is 5.88 Å². The largest absolute Gasteiger partial charge is 0.420 e. The van der Waals surface area contributed by atoms with Gasteiger partial charge in [-0.1, -0.05) is 29.8 Å². The Hall–Kier alpha value is -3.64. The van der Waals surface area contributed by atoms with Crippen molar-refractivity contribution in [2.45, 2.75) is 12.8 Å². The first-order valence-electron chi connectivity index (χ1n) is 9.92. The van der Waals surface area contributed by atoms with E-state index < -0.39 is 6.09 Å². The lowest BCUT2D eigenvalue weighted by Gasteiger charge is -2.19. The fourth-order valence-corrected chi connectivity index (χ4v) is 4.05. The second-order valence-electron chi connectivity index (χ2n) is 7.40. The van der Waals surface area contributed by atoms with Crippen LogP contribution in [0.3, 0.4) is 0 Å². The maximum atomic E-state index is 12.9. The molecule has 0 spiro atoms. The number of hydrogen-bond donors (Lipinski definition) is 1. The lowest BCUT2D eigenvalue weighted by atomic mass is 9.90. The first-order chi connectivity index (χ1) is 15.1. The van der Waals surface area contributed by atoms with Crippen molar-refractivity contribution < 1.29 is 9.53 Å². The number of aryl methyl sites for hydroxylation is 2. The molecule has 1 aliphatic rings. The SMILES string of the molecule is CN(C(=O)Oc1n[nH]c2c1-c1ccc(Cl)cc1CC2)c1cccc(-c2ccncc2)c1. The maximum absolute atomic E-state index is 12.9. The summed E-state index contributed by atoms with van der Waals surface area (Å²) in [4.78, 5) is 18.5. The molecule has 6 nitrogen and oxygen atoms in total. The van der Waals surface area contributed by atoms with Crippen LogP contribution in [0.5, 0.6) is 5.88 Å². The third-order valence-electron chi connectivity index (χ3n) is 5.49. The van der Waals surface area contributed by atoms with Crippen molar-refractivity contribution in [3.63, 3.8) is 0 Å². The molecule has 7 heteroatoms. The summed E-state index contributed by atoms with van der Waals surface area (Å²) in [7, 11) is 1.68. The van der Waals surface area contributed by atoms with E-state index in [0.717, 1.165) is 52.0 Å². The van der Waals surface area contributed by atoms with Crippen LogP contribution in [-0.4, -0.2) is 28.3 Å². The highest BCUT2D eigenvalue weighted by atomic mass is 35.5. The lowest BCUT2D eigenvalue weighted by Crippen LogP contribution is -2.29. The number of rotatable bonds is 3. The summed E-state index contributed by atoms with van der Waals surface area (Å²) in [6, 6.07) is 17.3. The van der Waals surface area contributed by atoms with Crippen molar-refractivity contribution >= 4 is 23.4 Å². The number of aromatic amines is 1. The van der Waals surface area contributed by atoms with Crippen molar-refractivity contribution in [1.29, 1.82) is 0 Å². The van der Waals surface area contributed by atoms with Crippen LogP contribution in [0.4, 0.5) is 10.5 Å². The molecule has 1 aliphatic carbocycles. The van der Waals surface area contributed by atoms with Crippen molar-refractivity contribution in [2.75, 3.05) is 11.9 Å². The van der Waals surface area contributed by atoms with Crippen molar-refractivity contribution in [1.82, 2.24) is 15.2 Å². The van der Waals surface area contributed by atoms with Crippen LogP contribution < -0.4 is 9.64 Å². The average Bonchev–Trinajstić information content (AvgIpc) is 3.22. The number of nitrogens with zero attached hydrogens (tertiary/aromatic N) is 3. The molecule has 2 aromatic heterocycles. The van der Waals surface area contributed by atoms with E-state index in [1.54, 1.807) is 19.4 Å². The summed E-state index contributed by atoms with van der Waals surface area (Å²) in [6.45, 7) is 0. The van der Waals surface area contributed by atoms with Gasteiger partial charge in [-0.3, -0.25) is 15.0 Å². The van der Waals surface area contributed by atoms with Gasteiger partial charge in [0.2, 0.25) is 0 Å². The quantitative estimate of drug-likeness (QED) is 0.464. The van der Waals surface area contributed by atoms with E-state index in [4.69, 9.17) is 16.3 Å². The monoisotopic (exact) mass is 430 g/mol. The van der Waals surface area contributed by atoms with Gasteiger partial charge >= 0.3 is 6.09 Å². The number of halogens is 1. The Balaban J connectivity index is 1.41. The van der Waals surface area contributed by atoms with Crippen molar-refractivity contribution in [3.05, 3.63) is 83.3 Å². The van der Waals surface area contributed by atoms with Crippen LogP contribution >= 0.6 is 11.6 Å². The highest BCUT2D eigenvalue weighted by Crippen LogP contribution is 2.39. The second-order valence-corrected chi connectivity index (χ2v) is 7.83. The Labute approximate surface area is 184 Å². The standard InChI is InChI=1S/C24H19ClN4O2/c1-29(19-4-2-3-16(14-19)15-9-11-26-12-10-15)24(30)31-23-22-20-7-6-18(25)13-17(20)5-8-21(22)27-28-23/h2-4,6-7,9-14H,5,8H2,1H3,(H,27,28). The summed E-state index contributed by atoms with van der Waals surface area (Å²) in [5, 5.41) is 7.97. The zero-order chi connectivity index (χ0) is 21.4. The van der Waals surface area contributed by atoms with Gasteiger partial charge < -0.3 is 4.74 Å². The van der Waals surface area contributed by atoms with Crippen LogP contribution in [0.2, 0.25) is 5.02 Å². The average molecular weight is 431 g/mol. The number of H-pyrrole nitrogens is 1. The van der Waals surface area contributed by atoms with E-state index in [9.17, 15) is 4.79 Å². The normalized spacial score (nSPS) is 12.1. The van der Waals surface area contributed by atoms with Crippen LogP contribution in [0.1, 0.15) is 11.3 Å². The number of anilines is 1. The number of hydrogen-bond acceptors (Lipinski definition) is 4. The van der Waals surface area contributed by atoms with Gasteiger partial charge in [-0.15, -0.1) is 5.10 Å².